The van der Waals surface area contributed by atoms with E-state index in [1.54, 1.807) is 0 Å². The lowest BCUT2D eigenvalue weighted by Crippen LogP contribution is -1.84. The van der Waals surface area contributed by atoms with Gasteiger partial charge in [-0.2, -0.15) is 0 Å². The van der Waals surface area contributed by atoms with Crippen LogP contribution < -0.4 is 0 Å². The van der Waals surface area contributed by atoms with Gasteiger partial charge >= 0.3 is 0 Å². The number of benzene rings is 4. The highest BCUT2D eigenvalue weighted by atomic mass is 14.9. The Morgan fingerprint density at radius 3 is 1.33 bits per heavy atom. The summed E-state index contributed by atoms with van der Waals surface area (Å²) in [6.07, 6.45) is 2.35. The van der Waals surface area contributed by atoms with Gasteiger partial charge in [-0.3, -0.25) is 0 Å². The average molecular weight is 438 g/mol. The van der Waals surface area contributed by atoms with E-state index in [0.29, 0.717) is 0 Å². The molecule has 6 rings (SSSR count). The first-order valence-electron chi connectivity index (χ1n) is 11.8. The highest BCUT2D eigenvalue weighted by molar-refractivity contribution is 6.07. The summed E-state index contributed by atoms with van der Waals surface area (Å²) in [6.45, 7) is 8.25. The molecule has 33 heavy (non-hydrogen) atoms. The van der Waals surface area contributed by atoms with Crippen LogP contribution in [0.15, 0.2) is 97.1 Å². The van der Waals surface area contributed by atoms with E-state index in [2.05, 4.69) is 123 Å². The van der Waals surface area contributed by atoms with E-state index in [0.717, 1.165) is 6.42 Å². The van der Waals surface area contributed by atoms with Crippen LogP contribution in [-0.4, -0.2) is 4.57 Å². The molecule has 1 heterocycles. The Balaban J connectivity index is 0.000000192. The van der Waals surface area contributed by atoms with Crippen molar-refractivity contribution >= 4 is 21.8 Å². The van der Waals surface area contributed by atoms with E-state index in [-0.39, 0.29) is 7.43 Å². The van der Waals surface area contributed by atoms with Gasteiger partial charge in [0.1, 0.15) is 0 Å². The quantitative estimate of drug-likeness (QED) is 0.223. The van der Waals surface area contributed by atoms with Crippen molar-refractivity contribution in [3.05, 3.63) is 108 Å². The molecule has 1 aliphatic carbocycles. The van der Waals surface area contributed by atoms with Gasteiger partial charge in [0, 0.05) is 28.9 Å². The lowest BCUT2D eigenvalue weighted by atomic mass is 10.1. The molecule has 0 atom stereocenters. The van der Waals surface area contributed by atoms with Gasteiger partial charge < -0.3 is 4.57 Å². The maximum absolute atomic E-state index is 2.24. The van der Waals surface area contributed by atoms with Crippen molar-refractivity contribution in [3.8, 4) is 11.1 Å². The lowest BCUT2D eigenvalue weighted by Gasteiger charge is -1.98. The average Bonchev–Trinajstić information content (AvgIpc) is 3.38. The molecule has 0 spiro atoms. The summed E-state index contributed by atoms with van der Waals surface area (Å²) < 4.78 is 2.24. The van der Waals surface area contributed by atoms with Crippen LogP contribution in [0, 0.1) is 0 Å². The fourth-order valence-electron chi connectivity index (χ4n) is 4.20. The monoisotopic (exact) mass is 437 g/mol. The molecule has 1 aliphatic rings. The molecule has 1 heteroatoms. The summed E-state index contributed by atoms with van der Waals surface area (Å²) in [4.78, 5) is 0. The molecular weight excluding hydrogens is 398 g/mol. The highest BCUT2D eigenvalue weighted by Gasteiger charge is 2.15. The van der Waals surface area contributed by atoms with Crippen molar-refractivity contribution in [1.82, 2.24) is 4.57 Å². The Morgan fingerprint density at radius 1 is 0.576 bits per heavy atom. The van der Waals surface area contributed by atoms with Crippen LogP contribution >= 0.6 is 0 Å². The minimum atomic E-state index is 0. The van der Waals surface area contributed by atoms with Gasteiger partial charge in [0.2, 0.25) is 0 Å². The molecule has 0 amide bonds. The predicted octanol–water partition coefficient (Wildman–Crippen LogP) is 9.67. The Bertz CT molecular complexity index is 1180. The van der Waals surface area contributed by atoms with Crippen molar-refractivity contribution in [2.75, 3.05) is 0 Å². The summed E-state index contributed by atoms with van der Waals surface area (Å²) in [5, 5.41) is 2.68. The molecule has 0 saturated carbocycles. The van der Waals surface area contributed by atoms with Crippen molar-refractivity contribution in [2.45, 2.75) is 48.0 Å². The molecule has 1 aromatic heterocycles. The first-order valence-corrected chi connectivity index (χ1v) is 11.8. The summed E-state index contributed by atoms with van der Waals surface area (Å²) in [5.74, 6) is 0. The fraction of sp³-hybridized carbons (Fsp3) is 0.250. The molecule has 0 bridgehead atoms. The number of hydrogen-bond donors (Lipinski definition) is 0. The van der Waals surface area contributed by atoms with Gasteiger partial charge in [0.15, 0.2) is 0 Å². The van der Waals surface area contributed by atoms with E-state index >= 15 is 0 Å². The zero-order valence-corrected chi connectivity index (χ0v) is 20.1. The van der Waals surface area contributed by atoms with Crippen LogP contribution in [-0.2, 0) is 13.5 Å². The summed E-state index contributed by atoms with van der Waals surface area (Å²) >= 11 is 0. The summed E-state index contributed by atoms with van der Waals surface area (Å²) in [7, 11) is 2.12. The van der Waals surface area contributed by atoms with Crippen LogP contribution in [0.4, 0.5) is 0 Å². The van der Waals surface area contributed by atoms with Crippen LogP contribution in [0.25, 0.3) is 32.9 Å². The number of fused-ring (bicyclic) bond motifs is 6. The first kappa shape index (κ1) is 25.9. The number of aryl methyl sites for hydroxylation is 1. The minimum Gasteiger partial charge on any atom is -0.344 e. The maximum Gasteiger partial charge on any atom is 0.0488 e. The van der Waals surface area contributed by atoms with Gasteiger partial charge in [-0.15, -0.1) is 0 Å². The molecule has 0 radical (unpaired) electrons. The number of para-hydroxylation sites is 2. The van der Waals surface area contributed by atoms with E-state index in [1.807, 2.05) is 13.8 Å². The largest absolute Gasteiger partial charge is 0.344 e. The smallest absolute Gasteiger partial charge is 0.0488 e. The molecule has 5 aromatic rings. The second-order valence-corrected chi connectivity index (χ2v) is 7.79. The number of rotatable bonds is 0. The normalized spacial score (nSPS) is 10.3. The Hall–Kier alpha value is -3.32. The third kappa shape index (κ3) is 5.54. The molecular formula is C32H39N. The molecule has 0 aliphatic heterocycles. The third-order valence-corrected chi connectivity index (χ3v) is 5.53. The standard InChI is InChI=1S/C13H11N.C13H10.C3H8.C2H6.CH4/c1-14-12-8-4-2-6-10(12)11-7-3-5-9-13(11)14;1-3-7-12-10(5-1)9-11-6-2-4-8-13(11)12;1-3-2;1-2;/h2-9H,1H3;1-8H,9H2;3H2,1-2H3;1-2H3;1H4. The van der Waals surface area contributed by atoms with Crippen LogP contribution in [0.5, 0.6) is 0 Å². The molecule has 0 fully saturated rings. The van der Waals surface area contributed by atoms with E-state index in [4.69, 9.17) is 0 Å². The third-order valence-electron chi connectivity index (χ3n) is 5.53. The van der Waals surface area contributed by atoms with Crippen LogP contribution in [0.3, 0.4) is 0 Å². The van der Waals surface area contributed by atoms with Crippen LogP contribution in [0.2, 0.25) is 0 Å². The zero-order chi connectivity index (χ0) is 22.9. The molecule has 0 unspecified atom stereocenters. The number of aromatic nitrogens is 1. The predicted molar refractivity (Wildman–Crippen MR) is 149 cm³/mol. The zero-order valence-electron chi connectivity index (χ0n) is 20.1. The van der Waals surface area contributed by atoms with E-state index < -0.39 is 0 Å². The summed E-state index contributed by atoms with van der Waals surface area (Å²) in [5.41, 5.74) is 8.35. The van der Waals surface area contributed by atoms with Crippen LogP contribution in [0.1, 0.15) is 52.7 Å². The molecule has 172 valence electrons. The number of nitrogens with zero attached hydrogens (tertiary/aromatic N) is 1. The van der Waals surface area contributed by atoms with Gasteiger partial charge in [-0.1, -0.05) is 126 Å². The van der Waals surface area contributed by atoms with Gasteiger partial charge in [0.25, 0.3) is 0 Å². The molecule has 1 nitrogen and oxygen atoms in total. The van der Waals surface area contributed by atoms with Crippen molar-refractivity contribution < 1.29 is 0 Å². The Labute approximate surface area is 200 Å². The van der Waals surface area contributed by atoms with Gasteiger partial charge in [-0.25, -0.2) is 0 Å². The topological polar surface area (TPSA) is 4.93 Å². The SMILES string of the molecule is C.CC.CCC.Cn1c2ccccc2c2ccccc21.c1ccc2c(c1)Cc1ccccc1-2. The van der Waals surface area contributed by atoms with E-state index in [1.165, 1.54) is 50.5 Å². The number of hydrogen-bond acceptors (Lipinski definition) is 0. The fourth-order valence-corrected chi connectivity index (χ4v) is 4.20. The summed E-state index contributed by atoms with van der Waals surface area (Å²) in [6, 6.07) is 34.3. The lowest BCUT2D eigenvalue weighted by molar-refractivity contribution is 1.01. The second kappa shape index (κ2) is 12.6. The molecule has 0 saturated heterocycles. The van der Waals surface area contributed by atoms with Crippen molar-refractivity contribution in [3.63, 3.8) is 0 Å². The van der Waals surface area contributed by atoms with Gasteiger partial charge in [-0.05, 0) is 40.8 Å². The maximum atomic E-state index is 2.24. The van der Waals surface area contributed by atoms with Crippen molar-refractivity contribution in [1.29, 1.82) is 0 Å². The van der Waals surface area contributed by atoms with Gasteiger partial charge in [0.05, 0.1) is 0 Å². The molecule has 4 aromatic carbocycles. The van der Waals surface area contributed by atoms with Crippen molar-refractivity contribution in [2.24, 2.45) is 7.05 Å². The first-order chi connectivity index (χ1) is 15.7. The molecule has 0 N–H and O–H groups in total. The second-order valence-electron chi connectivity index (χ2n) is 7.79. The van der Waals surface area contributed by atoms with E-state index in [9.17, 15) is 0 Å². The highest BCUT2D eigenvalue weighted by Crippen LogP contribution is 2.35. The Kier molecular flexibility index (Phi) is 9.94. The Morgan fingerprint density at radius 2 is 0.909 bits per heavy atom. The minimum absolute atomic E-state index is 0.